The van der Waals surface area contributed by atoms with E-state index in [4.69, 9.17) is 10.6 Å². The quantitative estimate of drug-likeness (QED) is 0.604. The van der Waals surface area contributed by atoms with Gasteiger partial charge in [-0.1, -0.05) is 12.5 Å². The standard InChI is InChI=1S/C14H21BrN2O3S/c1-20-13-6-5-10(8-11(13)15)9-12(17-16)14-4-2-3-7-21(14,18)19/h5-6,8,12,14,17H,2-4,7,9,16H2,1H3. The molecule has 7 heteroatoms. The zero-order valence-corrected chi connectivity index (χ0v) is 14.4. The molecule has 0 radical (unpaired) electrons. The van der Waals surface area contributed by atoms with Crippen molar-refractivity contribution in [1.82, 2.24) is 5.43 Å². The fourth-order valence-electron chi connectivity index (χ4n) is 2.82. The fourth-order valence-corrected chi connectivity index (χ4v) is 5.52. The summed E-state index contributed by atoms with van der Waals surface area (Å²) >= 11 is 3.44. The van der Waals surface area contributed by atoms with E-state index in [2.05, 4.69) is 21.4 Å². The van der Waals surface area contributed by atoms with Crippen molar-refractivity contribution < 1.29 is 13.2 Å². The minimum Gasteiger partial charge on any atom is -0.496 e. The third-order valence-corrected chi connectivity index (χ3v) is 6.93. The van der Waals surface area contributed by atoms with Crippen LogP contribution in [0, 0.1) is 0 Å². The van der Waals surface area contributed by atoms with Crippen molar-refractivity contribution in [3.8, 4) is 5.75 Å². The topological polar surface area (TPSA) is 81.4 Å². The molecule has 1 fully saturated rings. The lowest BCUT2D eigenvalue weighted by molar-refractivity contribution is 0.411. The largest absolute Gasteiger partial charge is 0.496 e. The van der Waals surface area contributed by atoms with Gasteiger partial charge in [0.25, 0.3) is 0 Å². The van der Waals surface area contributed by atoms with Gasteiger partial charge in [-0.2, -0.15) is 0 Å². The molecule has 0 aromatic heterocycles. The van der Waals surface area contributed by atoms with E-state index in [1.807, 2.05) is 18.2 Å². The first kappa shape index (κ1) is 16.7. The number of nitrogens with two attached hydrogens (primary N) is 1. The van der Waals surface area contributed by atoms with Gasteiger partial charge in [0.05, 0.1) is 22.6 Å². The summed E-state index contributed by atoms with van der Waals surface area (Å²) in [6.45, 7) is 0. The Kier molecular flexibility index (Phi) is 5.65. The monoisotopic (exact) mass is 376 g/mol. The minimum absolute atomic E-state index is 0.266. The normalized spacial score (nSPS) is 22.7. The number of methoxy groups -OCH3 is 1. The molecule has 5 nitrogen and oxygen atoms in total. The van der Waals surface area contributed by atoms with E-state index in [-0.39, 0.29) is 11.8 Å². The molecule has 3 N–H and O–H groups in total. The van der Waals surface area contributed by atoms with Gasteiger partial charge >= 0.3 is 0 Å². The van der Waals surface area contributed by atoms with Crippen LogP contribution in [-0.2, 0) is 16.3 Å². The highest BCUT2D eigenvalue weighted by Crippen LogP contribution is 2.28. The Morgan fingerprint density at radius 2 is 2.24 bits per heavy atom. The van der Waals surface area contributed by atoms with Crippen molar-refractivity contribution in [3.63, 3.8) is 0 Å². The first-order valence-electron chi connectivity index (χ1n) is 6.98. The maximum absolute atomic E-state index is 12.2. The summed E-state index contributed by atoms with van der Waals surface area (Å²) in [5.74, 6) is 6.63. The summed E-state index contributed by atoms with van der Waals surface area (Å²) in [6.07, 6.45) is 2.94. The van der Waals surface area contributed by atoms with Crippen LogP contribution >= 0.6 is 15.9 Å². The van der Waals surface area contributed by atoms with E-state index in [9.17, 15) is 8.42 Å². The summed E-state index contributed by atoms with van der Waals surface area (Å²) in [7, 11) is -1.45. The van der Waals surface area contributed by atoms with E-state index >= 15 is 0 Å². The Hall–Kier alpha value is -0.630. The van der Waals surface area contributed by atoms with Crippen LogP contribution in [0.3, 0.4) is 0 Å². The van der Waals surface area contributed by atoms with Gasteiger partial charge in [-0.3, -0.25) is 11.3 Å². The fraction of sp³-hybridized carbons (Fsp3) is 0.571. The van der Waals surface area contributed by atoms with E-state index < -0.39 is 15.1 Å². The molecule has 0 spiro atoms. The predicted octanol–water partition coefficient (Wildman–Crippen LogP) is 1.80. The highest BCUT2D eigenvalue weighted by molar-refractivity contribution is 9.10. The summed E-state index contributed by atoms with van der Waals surface area (Å²) in [6, 6.07) is 5.47. The van der Waals surface area contributed by atoms with Crippen LogP contribution in [0.25, 0.3) is 0 Å². The highest BCUT2D eigenvalue weighted by Gasteiger charge is 2.35. The number of hydrogen-bond acceptors (Lipinski definition) is 5. The van der Waals surface area contributed by atoms with Crippen LogP contribution < -0.4 is 16.0 Å². The molecule has 1 aromatic carbocycles. The van der Waals surface area contributed by atoms with Gasteiger partial charge in [-0.15, -0.1) is 0 Å². The Morgan fingerprint density at radius 1 is 1.48 bits per heavy atom. The molecule has 0 aliphatic carbocycles. The second-order valence-electron chi connectivity index (χ2n) is 5.35. The SMILES string of the molecule is COc1ccc(CC(NN)C2CCCCS2(=O)=O)cc1Br. The predicted molar refractivity (Wildman–Crippen MR) is 86.9 cm³/mol. The molecule has 2 unspecified atom stereocenters. The number of sulfone groups is 1. The van der Waals surface area contributed by atoms with Gasteiger partial charge in [-0.25, -0.2) is 8.42 Å². The van der Waals surface area contributed by atoms with Crippen molar-refractivity contribution in [3.05, 3.63) is 28.2 Å². The van der Waals surface area contributed by atoms with Gasteiger partial charge in [0, 0.05) is 6.04 Å². The van der Waals surface area contributed by atoms with Crippen molar-refractivity contribution in [2.45, 2.75) is 37.0 Å². The van der Waals surface area contributed by atoms with Crippen molar-refractivity contribution in [2.24, 2.45) is 5.84 Å². The van der Waals surface area contributed by atoms with Crippen molar-refractivity contribution in [1.29, 1.82) is 0 Å². The van der Waals surface area contributed by atoms with Crippen LogP contribution in [0.5, 0.6) is 5.75 Å². The van der Waals surface area contributed by atoms with E-state index in [0.29, 0.717) is 12.8 Å². The zero-order chi connectivity index (χ0) is 15.5. The van der Waals surface area contributed by atoms with Crippen molar-refractivity contribution in [2.75, 3.05) is 12.9 Å². The molecule has 0 saturated carbocycles. The summed E-state index contributed by atoms with van der Waals surface area (Å²) in [5, 5.41) is -0.405. The van der Waals surface area contributed by atoms with Crippen LogP contribution in [0.1, 0.15) is 24.8 Å². The third kappa shape index (κ3) is 3.97. The smallest absolute Gasteiger partial charge is 0.154 e. The Morgan fingerprint density at radius 3 is 2.81 bits per heavy atom. The maximum atomic E-state index is 12.2. The molecule has 1 heterocycles. The molecule has 1 saturated heterocycles. The van der Waals surface area contributed by atoms with E-state index in [1.54, 1.807) is 7.11 Å². The third-order valence-electron chi connectivity index (χ3n) is 3.96. The van der Waals surface area contributed by atoms with Crippen LogP contribution in [-0.4, -0.2) is 32.6 Å². The molecular weight excluding hydrogens is 356 g/mol. The lowest BCUT2D eigenvalue weighted by Gasteiger charge is -2.29. The number of hydrogen-bond donors (Lipinski definition) is 2. The molecule has 0 amide bonds. The summed E-state index contributed by atoms with van der Waals surface area (Å²) in [4.78, 5) is 0. The molecule has 118 valence electrons. The van der Waals surface area contributed by atoms with Crippen molar-refractivity contribution >= 4 is 25.8 Å². The highest BCUT2D eigenvalue weighted by atomic mass is 79.9. The number of benzene rings is 1. The average molecular weight is 377 g/mol. The minimum atomic E-state index is -3.06. The molecule has 2 rings (SSSR count). The molecule has 1 aromatic rings. The van der Waals surface area contributed by atoms with Gasteiger partial charge in [0.1, 0.15) is 5.75 Å². The number of halogens is 1. The van der Waals surface area contributed by atoms with Gasteiger partial charge < -0.3 is 4.74 Å². The lowest BCUT2D eigenvalue weighted by atomic mass is 10.00. The van der Waals surface area contributed by atoms with Crippen LogP contribution in [0.4, 0.5) is 0 Å². The summed E-state index contributed by atoms with van der Waals surface area (Å²) < 4.78 is 30.5. The first-order chi connectivity index (χ1) is 9.97. The number of rotatable bonds is 5. The molecule has 0 bridgehead atoms. The zero-order valence-electron chi connectivity index (χ0n) is 12.0. The van der Waals surface area contributed by atoms with Gasteiger partial charge in [0.15, 0.2) is 9.84 Å². The summed E-state index contributed by atoms with van der Waals surface area (Å²) in [5.41, 5.74) is 3.72. The number of ether oxygens (including phenoxy) is 1. The van der Waals surface area contributed by atoms with Crippen LogP contribution in [0.15, 0.2) is 22.7 Å². The van der Waals surface area contributed by atoms with E-state index in [0.717, 1.165) is 28.6 Å². The Balaban J connectivity index is 2.17. The maximum Gasteiger partial charge on any atom is 0.154 e. The molecule has 1 aliphatic rings. The molecule has 21 heavy (non-hydrogen) atoms. The van der Waals surface area contributed by atoms with E-state index in [1.165, 1.54) is 0 Å². The van der Waals surface area contributed by atoms with Gasteiger partial charge in [-0.05, 0) is 52.9 Å². The second-order valence-corrected chi connectivity index (χ2v) is 8.54. The first-order valence-corrected chi connectivity index (χ1v) is 9.49. The Labute approximate surface area is 134 Å². The molecule has 1 aliphatic heterocycles. The second kappa shape index (κ2) is 7.09. The number of nitrogens with one attached hydrogen (secondary N) is 1. The van der Waals surface area contributed by atoms with Crippen LogP contribution in [0.2, 0.25) is 0 Å². The lowest BCUT2D eigenvalue weighted by Crippen LogP contribution is -2.50. The molecular formula is C14H21BrN2O3S. The Bertz CT molecular complexity index is 592. The van der Waals surface area contributed by atoms with Gasteiger partial charge in [0.2, 0.25) is 0 Å². The molecule has 2 atom stereocenters. The number of hydrazine groups is 1. The average Bonchev–Trinajstić information content (AvgIpc) is 2.45.